The van der Waals surface area contributed by atoms with Crippen molar-refractivity contribution in [2.24, 2.45) is 5.92 Å². The third kappa shape index (κ3) is 4.00. The Morgan fingerprint density at radius 2 is 2.38 bits per heavy atom. The van der Waals surface area contributed by atoms with Crippen molar-refractivity contribution < 1.29 is 18.9 Å². The standard InChI is InChI=1S/C10H16N2O4/c1-7(2)5-15-12-10(13)9-4-8(6-14-3)16-11-9/h4,7H,5-6H2,1-3H3,(H,12,13). The first-order chi connectivity index (χ1) is 7.63. The van der Waals surface area contributed by atoms with Crippen molar-refractivity contribution in [1.29, 1.82) is 0 Å². The Morgan fingerprint density at radius 3 is 3.00 bits per heavy atom. The minimum absolute atomic E-state index is 0.177. The quantitative estimate of drug-likeness (QED) is 0.739. The van der Waals surface area contributed by atoms with Gasteiger partial charge in [0.25, 0.3) is 5.91 Å². The Labute approximate surface area is 93.8 Å². The highest BCUT2D eigenvalue weighted by molar-refractivity contribution is 5.91. The van der Waals surface area contributed by atoms with E-state index >= 15 is 0 Å². The molecule has 0 aromatic carbocycles. The fourth-order valence-electron chi connectivity index (χ4n) is 0.956. The lowest BCUT2D eigenvalue weighted by molar-refractivity contribution is 0.0202. The number of aromatic nitrogens is 1. The Kier molecular flexibility index (Phi) is 4.94. The van der Waals surface area contributed by atoms with Crippen LogP contribution in [0.3, 0.4) is 0 Å². The summed E-state index contributed by atoms with van der Waals surface area (Å²) in [6.07, 6.45) is 0. The van der Waals surface area contributed by atoms with Crippen molar-refractivity contribution in [3.05, 3.63) is 17.5 Å². The molecule has 1 aromatic rings. The van der Waals surface area contributed by atoms with Crippen LogP contribution in [0.4, 0.5) is 0 Å². The van der Waals surface area contributed by atoms with Gasteiger partial charge in [0.1, 0.15) is 6.61 Å². The molecule has 0 fully saturated rings. The lowest BCUT2D eigenvalue weighted by Gasteiger charge is -2.05. The molecule has 1 heterocycles. The summed E-state index contributed by atoms with van der Waals surface area (Å²) in [5.74, 6) is 0.421. The zero-order chi connectivity index (χ0) is 12.0. The van der Waals surface area contributed by atoms with Gasteiger partial charge in [-0.05, 0) is 5.92 Å². The number of hydrogen-bond acceptors (Lipinski definition) is 5. The number of nitrogens with zero attached hydrogens (tertiary/aromatic N) is 1. The van der Waals surface area contributed by atoms with Crippen LogP contribution in [0.1, 0.15) is 30.1 Å². The molecule has 1 aromatic heterocycles. The normalized spacial score (nSPS) is 10.8. The monoisotopic (exact) mass is 228 g/mol. The van der Waals surface area contributed by atoms with E-state index in [1.807, 2.05) is 13.8 Å². The molecule has 0 saturated heterocycles. The van der Waals surface area contributed by atoms with Crippen LogP contribution in [-0.2, 0) is 16.2 Å². The molecule has 0 atom stereocenters. The van der Waals surface area contributed by atoms with Crippen LogP contribution in [0.25, 0.3) is 0 Å². The minimum atomic E-state index is -0.424. The van der Waals surface area contributed by atoms with Crippen LogP contribution < -0.4 is 5.48 Å². The molecular formula is C10H16N2O4. The third-order valence-corrected chi connectivity index (χ3v) is 1.66. The van der Waals surface area contributed by atoms with E-state index in [0.717, 1.165) is 0 Å². The van der Waals surface area contributed by atoms with Crippen LogP contribution in [0, 0.1) is 5.92 Å². The second-order valence-corrected chi connectivity index (χ2v) is 3.75. The van der Waals surface area contributed by atoms with E-state index in [0.29, 0.717) is 18.3 Å². The number of nitrogens with one attached hydrogen (secondary N) is 1. The largest absolute Gasteiger partial charge is 0.377 e. The molecule has 90 valence electrons. The number of amides is 1. The van der Waals surface area contributed by atoms with Crippen LogP contribution in [0.2, 0.25) is 0 Å². The Hall–Kier alpha value is -1.40. The summed E-state index contributed by atoms with van der Waals surface area (Å²) in [5, 5.41) is 3.59. The first-order valence-electron chi connectivity index (χ1n) is 5.00. The summed E-state index contributed by atoms with van der Waals surface area (Å²) >= 11 is 0. The van der Waals surface area contributed by atoms with E-state index in [9.17, 15) is 4.79 Å². The topological polar surface area (TPSA) is 73.6 Å². The zero-order valence-corrected chi connectivity index (χ0v) is 9.65. The zero-order valence-electron chi connectivity index (χ0n) is 9.65. The summed E-state index contributed by atoms with van der Waals surface area (Å²) in [4.78, 5) is 16.4. The smallest absolute Gasteiger partial charge is 0.297 e. The van der Waals surface area contributed by atoms with Gasteiger partial charge in [0, 0.05) is 13.2 Å². The molecule has 6 heteroatoms. The molecule has 0 spiro atoms. The van der Waals surface area contributed by atoms with E-state index in [-0.39, 0.29) is 12.3 Å². The molecule has 6 nitrogen and oxygen atoms in total. The second kappa shape index (κ2) is 6.24. The Bertz CT molecular complexity index is 335. The fourth-order valence-corrected chi connectivity index (χ4v) is 0.956. The van der Waals surface area contributed by atoms with E-state index < -0.39 is 5.91 Å². The van der Waals surface area contributed by atoms with Crippen molar-refractivity contribution in [1.82, 2.24) is 10.6 Å². The van der Waals surface area contributed by atoms with Crippen molar-refractivity contribution >= 4 is 5.91 Å². The molecule has 0 aliphatic carbocycles. The number of hydroxylamine groups is 1. The first kappa shape index (κ1) is 12.7. The molecule has 0 radical (unpaired) electrons. The Morgan fingerprint density at radius 1 is 1.62 bits per heavy atom. The molecule has 16 heavy (non-hydrogen) atoms. The number of rotatable bonds is 6. The maximum atomic E-state index is 11.4. The summed E-state index contributed by atoms with van der Waals surface area (Å²) in [5.41, 5.74) is 2.46. The Balaban J connectivity index is 2.40. The lowest BCUT2D eigenvalue weighted by Crippen LogP contribution is -2.25. The number of carbonyl (C=O) groups is 1. The molecule has 1 rings (SSSR count). The maximum Gasteiger partial charge on any atom is 0.297 e. The van der Waals surface area contributed by atoms with E-state index in [1.54, 1.807) is 0 Å². The highest BCUT2D eigenvalue weighted by Gasteiger charge is 2.12. The van der Waals surface area contributed by atoms with Gasteiger partial charge in [-0.2, -0.15) is 0 Å². The van der Waals surface area contributed by atoms with Crippen molar-refractivity contribution in [2.45, 2.75) is 20.5 Å². The third-order valence-electron chi connectivity index (χ3n) is 1.66. The van der Waals surface area contributed by atoms with Crippen LogP contribution in [-0.4, -0.2) is 24.8 Å². The highest BCUT2D eigenvalue weighted by Crippen LogP contribution is 2.04. The van der Waals surface area contributed by atoms with Gasteiger partial charge in [-0.1, -0.05) is 19.0 Å². The molecule has 0 aliphatic heterocycles. The van der Waals surface area contributed by atoms with Crippen LogP contribution in [0.15, 0.2) is 10.6 Å². The highest BCUT2D eigenvalue weighted by atomic mass is 16.7. The molecule has 1 N–H and O–H groups in total. The molecule has 1 amide bonds. The number of methoxy groups -OCH3 is 1. The van der Waals surface area contributed by atoms with Gasteiger partial charge < -0.3 is 9.26 Å². The first-order valence-corrected chi connectivity index (χ1v) is 5.00. The SMILES string of the molecule is COCc1cc(C(=O)NOCC(C)C)no1. The fraction of sp³-hybridized carbons (Fsp3) is 0.600. The van der Waals surface area contributed by atoms with Crippen LogP contribution in [0.5, 0.6) is 0 Å². The van der Waals surface area contributed by atoms with E-state index in [1.165, 1.54) is 13.2 Å². The second-order valence-electron chi connectivity index (χ2n) is 3.75. The maximum absolute atomic E-state index is 11.4. The van der Waals surface area contributed by atoms with Crippen molar-refractivity contribution in [2.75, 3.05) is 13.7 Å². The molecular weight excluding hydrogens is 212 g/mol. The van der Waals surface area contributed by atoms with Crippen molar-refractivity contribution in [3.8, 4) is 0 Å². The van der Waals surface area contributed by atoms with Gasteiger partial charge in [-0.15, -0.1) is 0 Å². The van der Waals surface area contributed by atoms with E-state index in [4.69, 9.17) is 14.1 Å². The number of hydrogen-bond donors (Lipinski definition) is 1. The average Bonchev–Trinajstić information content (AvgIpc) is 2.66. The lowest BCUT2D eigenvalue weighted by atomic mass is 10.2. The van der Waals surface area contributed by atoms with Crippen LogP contribution >= 0.6 is 0 Å². The van der Waals surface area contributed by atoms with Gasteiger partial charge in [0.15, 0.2) is 11.5 Å². The predicted octanol–water partition coefficient (Wildman–Crippen LogP) is 1.14. The van der Waals surface area contributed by atoms with E-state index in [2.05, 4.69) is 10.6 Å². The molecule has 0 unspecified atom stereocenters. The molecule has 0 saturated carbocycles. The van der Waals surface area contributed by atoms with Gasteiger partial charge in [0.2, 0.25) is 0 Å². The number of ether oxygens (including phenoxy) is 1. The van der Waals surface area contributed by atoms with Crippen molar-refractivity contribution in [3.63, 3.8) is 0 Å². The summed E-state index contributed by atoms with van der Waals surface area (Å²) < 4.78 is 9.70. The van der Waals surface area contributed by atoms with Gasteiger partial charge in [-0.3, -0.25) is 9.63 Å². The number of carbonyl (C=O) groups excluding carboxylic acids is 1. The summed E-state index contributed by atoms with van der Waals surface area (Å²) in [6, 6.07) is 1.51. The average molecular weight is 228 g/mol. The van der Waals surface area contributed by atoms with Gasteiger partial charge in [0.05, 0.1) is 6.61 Å². The predicted molar refractivity (Wildman–Crippen MR) is 55.5 cm³/mol. The molecule has 0 bridgehead atoms. The summed E-state index contributed by atoms with van der Waals surface area (Å²) in [7, 11) is 1.54. The van der Waals surface area contributed by atoms with Gasteiger partial charge in [-0.25, -0.2) is 5.48 Å². The molecule has 0 aliphatic rings. The minimum Gasteiger partial charge on any atom is -0.377 e. The summed E-state index contributed by atoms with van der Waals surface area (Å²) in [6.45, 7) is 4.71. The van der Waals surface area contributed by atoms with Gasteiger partial charge >= 0.3 is 0 Å².